The first-order valence-electron chi connectivity index (χ1n) is 9.60. The van der Waals surface area contributed by atoms with Gasteiger partial charge in [0.2, 0.25) is 5.91 Å². The Labute approximate surface area is 164 Å². The molecule has 6 heteroatoms. The lowest BCUT2D eigenvalue weighted by atomic mass is 9.92. The van der Waals surface area contributed by atoms with Crippen molar-refractivity contribution >= 4 is 5.91 Å². The molecule has 3 unspecified atom stereocenters. The van der Waals surface area contributed by atoms with Gasteiger partial charge in [-0.05, 0) is 66.6 Å². The van der Waals surface area contributed by atoms with E-state index in [2.05, 4.69) is 5.32 Å². The second kappa shape index (κ2) is 9.17. The third kappa shape index (κ3) is 5.09. The van der Waals surface area contributed by atoms with E-state index in [9.17, 15) is 19.4 Å². The van der Waals surface area contributed by atoms with Crippen LogP contribution in [0.4, 0.5) is 4.39 Å². The molecule has 2 aromatic rings. The van der Waals surface area contributed by atoms with Crippen LogP contribution in [0.5, 0.6) is 5.75 Å². The monoisotopic (exact) mass is 387 g/mol. The van der Waals surface area contributed by atoms with E-state index in [1.807, 2.05) is 18.2 Å². The van der Waals surface area contributed by atoms with Crippen molar-refractivity contribution in [2.24, 2.45) is 0 Å². The van der Waals surface area contributed by atoms with Gasteiger partial charge in [0, 0.05) is 13.5 Å². The van der Waals surface area contributed by atoms with Gasteiger partial charge in [-0.25, -0.2) is 4.39 Å². The fourth-order valence-electron chi connectivity index (χ4n) is 3.57. The molecule has 0 aromatic heterocycles. The van der Waals surface area contributed by atoms with Crippen LogP contribution in [0.15, 0.2) is 42.5 Å². The standard InChI is InChI=1S/C22H26FNO4/c1-14(25)24-11-10-15-8-9-18(28-21-7-3-6-20(26)22(21)27)13-19(15)16-4-2-5-17(23)12-16/h2,4-5,8-9,12-13,20-22,26-27H,3,6-7,10-11H2,1H3,(H,24,25). The zero-order chi connectivity index (χ0) is 20.1. The molecule has 3 atom stereocenters. The Kier molecular flexibility index (Phi) is 6.65. The summed E-state index contributed by atoms with van der Waals surface area (Å²) in [5, 5.41) is 22.8. The van der Waals surface area contributed by atoms with Gasteiger partial charge in [-0.1, -0.05) is 18.2 Å². The second-order valence-electron chi connectivity index (χ2n) is 7.21. The average Bonchev–Trinajstić information content (AvgIpc) is 2.66. The third-order valence-electron chi connectivity index (χ3n) is 5.04. The molecular formula is C22H26FNO4. The second-order valence-corrected chi connectivity index (χ2v) is 7.21. The molecule has 3 N–H and O–H groups in total. The molecule has 150 valence electrons. The molecule has 3 rings (SSSR count). The highest BCUT2D eigenvalue weighted by Gasteiger charge is 2.32. The van der Waals surface area contributed by atoms with Gasteiger partial charge in [-0.3, -0.25) is 4.79 Å². The highest BCUT2D eigenvalue weighted by atomic mass is 19.1. The largest absolute Gasteiger partial charge is 0.488 e. The van der Waals surface area contributed by atoms with Crippen LogP contribution in [0.2, 0.25) is 0 Å². The van der Waals surface area contributed by atoms with Crippen molar-refractivity contribution in [3.8, 4) is 16.9 Å². The molecule has 0 spiro atoms. The van der Waals surface area contributed by atoms with E-state index in [1.165, 1.54) is 19.1 Å². The van der Waals surface area contributed by atoms with Crippen molar-refractivity contribution in [2.75, 3.05) is 6.54 Å². The Hall–Kier alpha value is -2.44. The van der Waals surface area contributed by atoms with Gasteiger partial charge in [0.25, 0.3) is 0 Å². The average molecular weight is 387 g/mol. The number of carbonyl (C=O) groups excluding carboxylic acids is 1. The summed E-state index contributed by atoms with van der Waals surface area (Å²) in [5.74, 6) is 0.125. The highest BCUT2D eigenvalue weighted by molar-refractivity contribution is 5.73. The van der Waals surface area contributed by atoms with Gasteiger partial charge in [0.15, 0.2) is 0 Å². The minimum Gasteiger partial charge on any atom is -0.488 e. The summed E-state index contributed by atoms with van der Waals surface area (Å²) in [6.07, 6.45) is 0.430. The van der Waals surface area contributed by atoms with Gasteiger partial charge in [0.05, 0.1) is 6.10 Å². The van der Waals surface area contributed by atoms with Gasteiger partial charge in [-0.2, -0.15) is 0 Å². The summed E-state index contributed by atoms with van der Waals surface area (Å²) in [7, 11) is 0. The third-order valence-corrected chi connectivity index (χ3v) is 5.04. The number of rotatable bonds is 6. The molecule has 2 aromatic carbocycles. The molecule has 0 aliphatic heterocycles. The minimum absolute atomic E-state index is 0.0999. The van der Waals surface area contributed by atoms with Crippen LogP contribution in [-0.4, -0.2) is 41.0 Å². The Morgan fingerprint density at radius 3 is 2.79 bits per heavy atom. The van der Waals surface area contributed by atoms with Crippen LogP contribution in [0.25, 0.3) is 11.1 Å². The Bertz CT molecular complexity index is 826. The number of hydrogen-bond acceptors (Lipinski definition) is 4. The molecule has 28 heavy (non-hydrogen) atoms. The van der Waals surface area contributed by atoms with Crippen molar-refractivity contribution in [1.82, 2.24) is 5.32 Å². The van der Waals surface area contributed by atoms with E-state index in [0.29, 0.717) is 37.1 Å². The van der Waals surface area contributed by atoms with Crippen LogP contribution < -0.4 is 10.1 Å². The first kappa shape index (κ1) is 20.3. The number of carbonyl (C=O) groups is 1. The summed E-state index contributed by atoms with van der Waals surface area (Å²) in [6.45, 7) is 1.94. The zero-order valence-electron chi connectivity index (χ0n) is 15.9. The predicted octanol–water partition coefficient (Wildman–Crippen LogP) is 2.82. The molecule has 1 saturated carbocycles. The van der Waals surface area contributed by atoms with Gasteiger partial charge >= 0.3 is 0 Å². The van der Waals surface area contributed by atoms with Crippen LogP contribution >= 0.6 is 0 Å². The summed E-state index contributed by atoms with van der Waals surface area (Å²) < 4.78 is 19.7. The Balaban J connectivity index is 1.86. The molecule has 0 saturated heterocycles. The van der Waals surface area contributed by atoms with Crippen molar-refractivity contribution < 1.29 is 24.1 Å². The van der Waals surface area contributed by atoms with Crippen molar-refractivity contribution in [2.45, 2.75) is 50.9 Å². The van der Waals surface area contributed by atoms with Crippen LogP contribution in [0, 0.1) is 5.82 Å². The number of aliphatic hydroxyl groups excluding tert-OH is 2. The first-order valence-corrected chi connectivity index (χ1v) is 9.60. The summed E-state index contributed by atoms with van der Waals surface area (Å²) in [6, 6.07) is 11.8. The molecule has 1 aliphatic rings. The normalized spacial score (nSPS) is 21.9. The topological polar surface area (TPSA) is 78.8 Å². The number of amides is 1. The number of halogens is 1. The lowest BCUT2D eigenvalue weighted by molar-refractivity contribution is -0.118. The molecule has 5 nitrogen and oxygen atoms in total. The van der Waals surface area contributed by atoms with E-state index in [-0.39, 0.29) is 11.7 Å². The Morgan fingerprint density at radius 1 is 1.21 bits per heavy atom. The fraction of sp³-hybridized carbons (Fsp3) is 0.409. The van der Waals surface area contributed by atoms with E-state index in [0.717, 1.165) is 17.5 Å². The molecule has 1 fully saturated rings. The number of benzene rings is 2. The molecule has 0 radical (unpaired) electrons. The molecular weight excluding hydrogens is 361 g/mol. The van der Waals surface area contributed by atoms with Crippen molar-refractivity contribution in [3.05, 3.63) is 53.8 Å². The smallest absolute Gasteiger partial charge is 0.216 e. The predicted molar refractivity (Wildman–Crippen MR) is 105 cm³/mol. The van der Waals surface area contributed by atoms with Gasteiger partial charge in [0.1, 0.15) is 23.8 Å². The van der Waals surface area contributed by atoms with Crippen LogP contribution in [-0.2, 0) is 11.2 Å². The van der Waals surface area contributed by atoms with E-state index in [4.69, 9.17) is 4.74 Å². The molecule has 0 bridgehead atoms. The summed E-state index contributed by atoms with van der Waals surface area (Å²) in [5.41, 5.74) is 2.48. The summed E-state index contributed by atoms with van der Waals surface area (Å²) in [4.78, 5) is 11.1. The maximum Gasteiger partial charge on any atom is 0.216 e. The first-order chi connectivity index (χ1) is 13.4. The molecule has 1 aliphatic carbocycles. The van der Waals surface area contributed by atoms with Crippen LogP contribution in [0.3, 0.4) is 0 Å². The van der Waals surface area contributed by atoms with E-state index in [1.54, 1.807) is 12.1 Å². The number of nitrogens with one attached hydrogen (secondary N) is 1. The van der Waals surface area contributed by atoms with E-state index < -0.39 is 18.3 Å². The van der Waals surface area contributed by atoms with Crippen LogP contribution in [0.1, 0.15) is 31.7 Å². The Morgan fingerprint density at radius 2 is 2.04 bits per heavy atom. The quantitative estimate of drug-likeness (QED) is 0.712. The van der Waals surface area contributed by atoms with Crippen molar-refractivity contribution in [3.63, 3.8) is 0 Å². The lowest BCUT2D eigenvalue weighted by Crippen LogP contribution is -2.44. The van der Waals surface area contributed by atoms with E-state index >= 15 is 0 Å². The molecule has 0 heterocycles. The minimum atomic E-state index is -0.925. The number of hydrogen-bond donors (Lipinski definition) is 3. The van der Waals surface area contributed by atoms with Gasteiger partial charge in [-0.15, -0.1) is 0 Å². The van der Waals surface area contributed by atoms with Gasteiger partial charge < -0.3 is 20.3 Å². The maximum atomic E-state index is 13.8. The number of aliphatic hydroxyl groups is 2. The molecule has 1 amide bonds. The fourth-order valence-corrected chi connectivity index (χ4v) is 3.57. The summed E-state index contributed by atoms with van der Waals surface area (Å²) >= 11 is 0. The van der Waals surface area contributed by atoms with Crippen molar-refractivity contribution in [1.29, 1.82) is 0 Å². The SMILES string of the molecule is CC(=O)NCCc1ccc(OC2CCCC(O)C2O)cc1-c1cccc(F)c1. The lowest BCUT2D eigenvalue weighted by Gasteiger charge is -2.32. The maximum absolute atomic E-state index is 13.8. The number of ether oxygens (including phenoxy) is 1. The zero-order valence-corrected chi connectivity index (χ0v) is 15.9. The highest BCUT2D eigenvalue weighted by Crippen LogP contribution is 2.31.